The molecule has 0 aliphatic carbocycles. The summed E-state index contributed by atoms with van der Waals surface area (Å²) in [4.78, 5) is -0.0740. The van der Waals surface area contributed by atoms with E-state index in [9.17, 15) is 8.42 Å². The lowest BCUT2D eigenvalue weighted by Crippen LogP contribution is -2.24. The molecule has 6 nitrogen and oxygen atoms in total. The maximum absolute atomic E-state index is 11.7. The Morgan fingerprint density at radius 2 is 1.62 bits per heavy atom. The van der Waals surface area contributed by atoms with Gasteiger partial charge in [0, 0.05) is 14.6 Å². The van der Waals surface area contributed by atoms with Gasteiger partial charge in [0.15, 0.2) is 0 Å². The molecule has 0 aliphatic heterocycles. The Labute approximate surface area is 109 Å². The SMILES string of the molecule is NC(N)=NS(=O)(=O)c1c(Br)cc(N)cc1Br. The van der Waals surface area contributed by atoms with Crippen LogP contribution in [0.25, 0.3) is 0 Å². The Morgan fingerprint density at radius 1 is 1.19 bits per heavy atom. The molecule has 0 atom stereocenters. The largest absolute Gasteiger partial charge is 0.399 e. The van der Waals surface area contributed by atoms with Crippen molar-refractivity contribution in [1.29, 1.82) is 0 Å². The molecule has 9 heteroatoms. The van der Waals surface area contributed by atoms with Crippen LogP contribution in [0.3, 0.4) is 0 Å². The van der Waals surface area contributed by atoms with Gasteiger partial charge in [0.2, 0.25) is 5.96 Å². The van der Waals surface area contributed by atoms with Crippen molar-refractivity contribution in [2.45, 2.75) is 4.90 Å². The van der Waals surface area contributed by atoms with E-state index in [2.05, 4.69) is 36.3 Å². The number of hydrogen-bond donors (Lipinski definition) is 3. The smallest absolute Gasteiger partial charge is 0.287 e. The number of rotatable bonds is 2. The van der Waals surface area contributed by atoms with Crippen molar-refractivity contribution in [2.75, 3.05) is 5.73 Å². The predicted molar refractivity (Wildman–Crippen MR) is 69.2 cm³/mol. The van der Waals surface area contributed by atoms with Gasteiger partial charge in [0.1, 0.15) is 4.90 Å². The first-order valence-corrected chi connectivity index (χ1v) is 6.87. The standard InChI is InChI=1S/C7H8Br2N4O2S/c8-4-1-3(10)2-5(9)6(4)16(14,15)13-7(11)12/h1-2H,10H2,(H4,11,12,13). The van der Waals surface area contributed by atoms with E-state index < -0.39 is 16.0 Å². The minimum atomic E-state index is -3.95. The first-order chi connectivity index (χ1) is 7.24. The van der Waals surface area contributed by atoms with Crippen LogP contribution in [0.4, 0.5) is 5.69 Å². The first kappa shape index (κ1) is 13.3. The highest BCUT2D eigenvalue weighted by Gasteiger charge is 2.21. The average Bonchev–Trinajstić information content (AvgIpc) is 1.96. The summed E-state index contributed by atoms with van der Waals surface area (Å²) in [7, 11) is -3.95. The van der Waals surface area contributed by atoms with Crippen LogP contribution in [0.1, 0.15) is 0 Å². The fraction of sp³-hybridized carbons (Fsp3) is 0. The van der Waals surface area contributed by atoms with Crippen LogP contribution in [0.5, 0.6) is 0 Å². The quantitative estimate of drug-likeness (QED) is 0.402. The summed E-state index contributed by atoms with van der Waals surface area (Å²) in [5.74, 6) is -0.532. The van der Waals surface area contributed by atoms with Gasteiger partial charge in [0.25, 0.3) is 10.0 Å². The molecule has 16 heavy (non-hydrogen) atoms. The third-order valence-electron chi connectivity index (χ3n) is 1.50. The molecule has 88 valence electrons. The van der Waals surface area contributed by atoms with E-state index in [1.54, 1.807) is 0 Å². The van der Waals surface area contributed by atoms with Gasteiger partial charge in [-0.2, -0.15) is 8.42 Å². The average molecular weight is 372 g/mol. The Morgan fingerprint density at radius 3 is 2.00 bits per heavy atom. The van der Waals surface area contributed by atoms with Gasteiger partial charge in [-0.1, -0.05) is 0 Å². The minimum Gasteiger partial charge on any atom is -0.399 e. The number of hydrogen-bond acceptors (Lipinski definition) is 3. The lowest BCUT2D eigenvalue weighted by Gasteiger charge is -2.06. The van der Waals surface area contributed by atoms with Crippen molar-refractivity contribution in [2.24, 2.45) is 15.9 Å². The Bertz CT molecular complexity index is 529. The van der Waals surface area contributed by atoms with Crippen LogP contribution in [0.2, 0.25) is 0 Å². The van der Waals surface area contributed by atoms with E-state index in [-0.39, 0.29) is 13.8 Å². The summed E-state index contributed by atoms with van der Waals surface area (Å²) in [6.07, 6.45) is 0. The summed E-state index contributed by atoms with van der Waals surface area (Å²) in [6.45, 7) is 0. The molecule has 0 heterocycles. The number of sulfonamides is 1. The number of anilines is 1. The highest BCUT2D eigenvalue weighted by Crippen LogP contribution is 2.33. The zero-order valence-electron chi connectivity index (χ0n) is 7.81. The van der Waals surface area contributed by atoms with Crippen LogP contribution in [-0.2, 0) is 10.0 Å². The van der Waals surface area contributed by atoms with Crippen molar-refractivity contribution in [3.63, 3.8) is 0 Å². The zero-order valence-corrected chi connectivity index (χ0v) is 11.8. The van der Waals surface area contributed by atoms with E-state index >= 15 is 0 Å². The maximum Gasteiger partial charge on any atom is 0.287 e. The zero-order chi connectivity index (χ0) is 12.5. The summed E-state index contributed by atoms with van der Waals surface area (Å²) in [5, 5.41) is 0. The lowest BCUT2D eigenvalue weighted by molar-refractivity contribution is 0.597. The number of guanidine groups is 1. The van der Waals surface area contributed by atoms with Crippen molar-refractivity contribution >= 4 is 53.5 Å². The fourth-order valence-electron chi connectivity index (χ4n) is 1.01. The van der Waals surface area contributed by atoms with Gasteiger partial charge < -0.3 is 17.2 Å². The molecular formula is C7H8Br2N4O2S. The summed E-state index contributed by atoms with van der Waals surface area (Å²) in [6, 6.07) is 2.89. The Kier molecular flexibility index (Phi) is 3.81. The number of nitrogens with two attached hydrogens (primary N) is 3. The molecule has 0 fully saturated rings. The highest BCUT2D eigenvalue weighted by atomic mass is 79.9. The van der Waals surface area contributed by atoms with E-state index in [0.29, 0.717) is 5.69 Å². The monoisotopic (exact) mass is 370 g/mol. The minimum absolute atomic E-state index is 0.0740. The predicted octanol–water partition coefficient (Wildman–Crippen LogP) is 0.756. The third kappa shape index (κ3) is 2.86. The van der Waals surface area contributed by atoms with Gasteiger partial charge in [-0.15, -0.1) is 4.40 Å². The van der Waals surface area contributed by atoms with Crippen LogP contribution in [0.15, 0.2) is 30.4 Å². The van der Waals surface area contributed by atoms with E-state index in [1.807, 2.05) is 0 Å². The van der Waals surface area contributed by atoms with Gasteiger partial charge in [-0.05, 0) is 44.0 Å². The molecule has 0 saturated carbocycles. The van der Waals surface area contributed by atoms with Crippen molar-refractivity contribution in [1.82, 2.24) is 0 Å². The molecule has 0 amide bonds. The van der Waals surface area contributed by atoms with Gasteiger partial charge in [-0.3, -0.25) is 0 Å². The second-order valence-electron chi connectivity index (χ2n) is 2.80. The summed E-state index contributed by atoms with van der Waals surface area (Å²) >= 11 is 6.17. The molecule has 0 spiro atoms. The molecule has 0 bridgehead atoms. The molecule has 0 radical (unpaired) electrons. The van der Waals surface area contributed by atoms with Crippen molar-refractivity contribution in [3.05, 3.63) is 21.1 Å². The summed E-state index contributed by atoms with van der Waals surface area (Å²) < 4.78 is 27.2. The maximum atomic E-state index is 11.7. The molecular weight excluding hydrogens is 364 g/mol. The lowest BCUT2D eigenvalue weighted by atomic mass is 10.3. The molecule has 0 aromatic heterocycles. The van der Waals surface area contributed by atoms with Gasteiger partial charge >= 0.3 is 0 Å². The van der Waals surface area contributed by atoms with Crippen LogP contribution in [-0.4, -0.2) is 14.4 Å². The molecule has 0 saturated heterocycles. The second kappa shape index (κ2) is 4.60. The van der Waals surface area contributed by atoms with Crippen molar-refractivity contribution in [3.8, 4) is 0 Å². The highest BCUT2D eigenvalue weighted by molar-refractivity contribution is 9.11. The fourth-order valence-corrected chi connectivity index (χ4v) is 4.44. The molecule has 1 rings (SSSR count). The van der Waals surface area contributed by atoms with E-state index in [1.165, 1.54) is 12.1 Å². The van der Waals surface area contributed by atoms with Gasteiger partial charge in [0.05, 0.1) is 0 Å². The van der Waals surface area contributed by atoms with Gasteiger partial charge in [-0.25, -0.2) is 0 Å². The molecule has 1 aromatic carbocycles. The molecule has 0 aliphatic rings. The molecule has 6 N–H and O–H groups in total. The number of nitrogen functional groups attached to an aromatic ring is 1. The normalized spacial score (nSPS) is 11.1. The Hall–Kier alpha value is -0.800. The Balaban J connectivity index is 3.52. The number of halogens is 2. The van der Waals surface area contributed by atoms with Crippen LogP contribution >= 0.6 is 31.9 Å². The van der Waals surface area contributed by atoms with E-state index in [0.717, 1.165) is 0 Å². The first-order valence-electron chi connectivity index (χ1n) is 3.84. The van der Waals surface area contributed by atoms with E-state index in [4.69, 9.17) is 17.2 Å². The summed E-state index contributed by atoms with van der Waals surface area (Å²) in [5.41, 5.74) is 16.0. The number of benzene rings is 1. The second-order valence-corrected chi connectivity index (χ2v) is 6.05. The van der Waals surface area contributed by atoms with Crippen LogP contribution < -0.4 is 17.2 Å². The van der Waals surface area contributed by atoms with Crippen LogP contribution in [0, 0.1) is 0 Å². The third-order valence-corrected chi connectivity index (χ3v) is 4.69. The van der Waals surface area contributed by atoms with Crippen molar-refractivity contribution < 1.29 is 8.42 Å². The number of nitrogens with zero attached hydrogens (tertiary/aromatic N) is 1. The molecule has 1 aromatic rings. The topological polar surface area (TPSA) is 125 Å². The molecule has 0 unspecified atom stereocenters.